The first-order chi connectivity index (χ1) is 16.6. The Morgan fingerprint density at radius 2 is 1.85 bits per heavy atom. The lowest BCUT2D eigenvalue weighted by Gasteiger charge is -2.34. The maximum absolute atomic E-state index is 12.7. The fourth-order valence-electron chi connectivity index (χ4n) is 4.72. The van der Waals surface area contributed by atoms with Crippen molar-refractivity contribution in [3.63, 3.8) is 0 Å². The molecule has 182 valence electrons. The van der Waals surface area contributed by atoms with E-state index in [0.717, 1.165) is 67.7 Å². The van der Waals surface area contributed by atoms with Crippen LogP contribution in [0.3, 0.4) is 0 Å². The van der Waals surface area contributed by atoms with E-state index in [1.807, 2.05) is 25.4 Å². The minimum atomic E-state index is 0.0828. The van der Waals surface area contributed by atoms with Gasteiger partial charge < -0.3 is 34.2 Å². The summed E-state index contributed by atoms with van der Waals surface area (Å²) in [5.41, 5.74) is 2.83. The molecule has 2 saturated heterocycles. The van der Waals surface area contributed by atoms with Gasteiger partial charge in [0.25, 0.3) is 0 Å². The van der Waals surface area contributed by atoms with Gasteiger partial charge in [-0.3, -0.25) is 4.79 Å². The van der Waals surface area contributed by atoms with Crippen molar-refractivity contribution in [3.8, 4) is 5.75 Å². The molecule has 0 aliphatic carbocycles. The Kier molecular flexibility index (Phi) is 6.68. The summed E-state index contributed by atoms with van der Waals surface area (Å²) < 4.78 is 16.7. The number of aromatic nitrogens is 2. The number of benzene rings is 1. The summed E-state index contributed by atoms with van der Waals surface area (Å²) in [4.78, 5) is 28.3. The van der Waals surface area contributed by atoms with Gasteiger partial charge in [-0.25, -0.2) is 4.98 Å². The Morgan fingerprint density at radius 1 is 1.09 bits per heavy atom. The number of anilines is 4. The van der Waals surface area contributed by atoms with E-state index in [2.05, 4.69) is 26.2 Å². The summed E-state index contributed by atoms with van der Waals surface area (Å²) in [5.74, 6) is 2.09. The van der Waals surface area contributed by atoms with Gasteiger partial charge >= 0.3 is 0 Å². The Labute approximate surface area is 199 Å². The number of nitrogens with zero attached hydrogens (tertiary/aromatic N) is 5. The average Bonchev–Trinajstić information content (AvgIpc) is 3.01. The van der Waals surface area contributed by atoms with E-state index in [0.29, 0.717) is 32.3 Å². The van der Waals surface area contributed by atoms with Crippen molar-refractivity contribution in [2.75, 3.05) is 75.3 Å². The molecular weight excluding hydrogens is 436 g/mol. The lowest BCUT2D eigenvalue weighted by Crippen LogP contribution is -2.44. The summed E-state index contributed by atoms with van der Waals surface area (Å²) in [7, 11) is 3.49. The molecule has 3 aliphatic rings. The van der Waals surface area contributed by atoms with Crippen LogP contribution < -0.4 is 19.9 Å². The van der Waals surface area contributed by atoms with Crippen LogP contribution >= 0.6 is 0 Å². The van der Waals surface area contributed by atoms with Crippen molar-refractivity contribution in [1.29, 1.82) is 0 Å². The van der Waals surface area contributed by atoms with Crippen LogP contribution in [-0.2, 0) is 20.8 Å². The molecule has 0 saturated carbocycles. The molecule has 1 aromatic heterocycles. The molecule has 34 heavy (non-hydrogen) atoms. The lowest BCUT2D eigenvalue weighted by molar-refractivity contribution is -0.128. The normalized spacial score (nSPS) is 19.6. The number of hydrogen-bond acceptors (Lipinski definition) is 9. The van der Waals surface area contributed by atoms with E-state index in [9.17, 15) is 4.79 Å². The third-order valence-corrected chi connectivity index (χ3v) is 6.69. The molecule has 5 rings (SSSR count). The predicted octanol–water partition coefficient (Wildman–Crippen LogP) is 2.02. The number of likely N-dealkylation sites (N-methyl/N-ethyl adjacent to an activating group) is 1. The Hall–Kier alpha value is -3.11. The Bertz CT molecular complexity index is 1020. The van der Waals surface area contributed by atoms with Crippen LogP contribution in [0.15, 0.2) is 24.4 Å². The van der Waals surface area contributed by atoms with Gasteiger partial charge in [0.15, 0.2) is 0 Å². The zero-order chi connectivity index (χ0) is 23.5. The number of methoxy groups -OCH3 is 1. The van der Waals surface area contributed by atoms with Crippen molar-refractivity contribution in [1.82, 2.24) is 14.9 Å². The van der Waals surface area contributed by atoms with Gasteiger partial charge in [0, 0.05) is 62.9 Å². The largest absolute Gasteiger partial charge is 0.494 e. The highest BCUT2D eigenvalue weighted by Crippen LogP contribution is 2.33. The second-order valence-corrected chi connectivity index (χ2v) is 8.87. The van der Waals surface area contributed by atoms with Gasteiger partial charge in [-0.1, -0.05) is 0 Å². The summed E-state index contributed by atoms with van der Waals surface area (Å²) in [6.07, 6.45) is 3.57. The van der Waals surface area contributed by atoms with Crippen LogP contribution in [0.25, 0.3) is 0 Å². The fraction of sp³-hybridized carbons (Fsp3) is 0.542. The standard InChI is InChI=1S/C24H32N6O4/c1-28-15-17-14-25-24(27-23(17)30(16-22(28)31)18-5-9-33-10-6-18)26-20-4-3-19(13-21(20)32-2)29-7-11-34-12-8-29/h3-4,13-14,18H,5-12,15-16H2,1-2H3,(H,25,26,27). The van der Waals surface area contributed by atoms with Crippen molar-refractivity contribution in [3.05, 3.63) is 30.0 Å². The molecule has 0 radical (unpaired) electrons. The first kappa shape index (κ1) is 22.7. The molecule has 4 heterocycles. The highest BCUT2D eigenvalue weighted by atomic mass is 16.5. The van der Waals surface area contributed by atoms with Crippen LogP contribution in [0.4, 0.5) is 23.1 Å². The SMILES string of the molecule is COc1cc(N2CCOCC2)ccc1Nc1ncc2c(n1)N(C1CCOCC1)CC(=O)N(C)C2. The summed E-state index contributed by atoms with van der Waals surface area (Å²) in [5, 5.41) is 3.33. The monoisotopic (exact) mass is 468 g/mol. The topological polar surface area (TPSA) is 92.3 Å². The van der Waals surface area contributed by atoms with E-state index >= 15 is 0 Å². The van der Waals surface area contributed by atoms with Crippen molar-refractivity contribution in [2.24, 2.45) is 0 Å². The lowest BCUT2D eigenvalue weighted by atomic mass is 10.1. The number of hydrogen-bond donors (Lipinski definition) is 1. The predicted molar refractivity (Wildman–Crippen MR) is 129 cm³/mol. The number of carbonyl (C=O) groups is 1. The molecule has 3 aliphatic heterocycles. The number of morpholine rings is 1. The number of ether oxygens (including phenoxy) is 3. The average molecular weight is 469 g/mol. The number of rotatable bonds is 5. The molecule has 10 heteroatoms. The molecule has 0 spiro atoms. The van der Waals surface area contributed by atoms with Gasteiger partial charge in [0.1, 0.15) is 11.6 Å². The van der Waals surface area contributed by atoms with Crippen molar-refractivity contribution >= 4 is 29.0 Å². The van der Waals surface area contributed by atoms with Crippen molar-refractivity contribution in [2.45, 2.75) is 25.4 Å². The first-order valence-electron chi connectivity index (χ1n) is 11.8. The third-order valence-electron chi connectivity index (χ3n) is 6.69. The number of nitrogens with one attached hydrogen (secondary N) is 1. The van der Waals surface area contributed by atoms with Gasteiger partial charge in [0.2, 0.25) is 11.9 Å². The van der Waals surface area contributed by atoms with E-state index in [1.54, 1.807) is 12.0 Å². The van der Waals surface area contributed by atoms with Gasteiger partial charge in [-0.15, -0.1) is 0 Å². The molecule has 1 N–H and O–H groups in total. The molecule has 1 aromatic carbocycles. The summed E-state index contributed by atoms with van der Waals surface area (Å²) in [6, 6.07) is 6.31. The van der Waals surface area contributed by atoms with E-state index in [4.69, 9.17) is 19.2 Å². The molecular formula is C24H32N6O4. The fourth-order valence-corrected chi connectivity index (χ4v) is 4.72. The van der Waals surface area contributed by atoms with Crippen LogP contribution in [0.2, 0.25) is 0 Å². The highest BCUT2D eigenvalue weighted by Gasteiger charge is 2.31. The molecule has 2 fully saturated rings. The van der Waals surface area contributed by atoms with Gasteiger partial charge in [-0.05, 0) is 25.0 Å². The maximum atomic E-state index is 12.7. The van der Waals surface area contributed by atoms with E-state index in [1.165, 1.54) is 0 Å². The number of amides is 1. The minimum Gasteiger partial charge on any atom is -0.494 e. The third kappa shape index (κ3) is 4.74. The number of fused-ring (bicyclic) bond motifs is 1. The molecule has 1 amide bonds. The molecule has 2 aromatic rings. The zero-order valence-corrected chi connectivity index (χ0v) is 19.8. The zero-order valence-electron chi connectivity index (χ0n) is 19.8. The Balaban J connectivity index is 1.42. The molecule has 10 nitrogen and oxygen atoms in total. The van der Waals surface area contributed by atoms with Crippen LogP contribution in [0, 0.1) is 0 Å². The second kappa shape index (κ2) is 10.0. The molecule has 0 atom stereocenters. The Morgan fingerprint density at radius 3 is 2.62 bits per heavy atom. The second-order valence-electron chi connectivity index (χ2n) is 8.87. The van der Waals surface area contributed by atoms with E-state index in [-0.39, 0.29) is 11.9 Å². The maximum Gasteiger partial charge on any atom is 0.242 e. The van der Waals surface area contributed by atoms with Crippen LogP contribution in [0.1, 0.15) is 18.4 Å². The summed E-state index contributed by atoms with van der Waals surface area (Å²) in [6.45, 7) is 5.37. The first-order valence-corrected chi connectivity index (χ1v) is 11.8. The number of carbonyl (C=O) groups excluding carboxylic acids is 1. The molecule has 0 unspecified atom stereocenters. The van der Waals surface area contributed by atoms with Gasteiger partial charge in [0.05, 0.1) is 39.1 Å². The van der Waals surface area contributed by atoms with E-state index < -0.39 is 0 Å². The van der Waals surface area contributed by atoms with Gasteiger partial charge in [-0.2, -0.15) is 4.98 Å². The molecule has 0 bridgehead atoms. The van der Waals surface area contributed by atoms with Crippen LogP contribution in [-0.4, -0.2) is 87.0 Å². The smallest absolute Gasteiger partial charge is 0.242 e. The highest BCUT2D eigenvalue weighted by molar-refractivity contribution is 5.83. The van der Waals surface area contributed by atoms with Crippen LogP contribution in [0.5, 0.6) is 5.75 Å². The quantitative estimate of drug-likeness (QED) is 0.707. The summed E-state index contributed by atoms with van der Waals surface area (Å²) >= 11 is 0. The minimum absolute atomic E-state index is 0.0828. The van der Waals surface area contributed by atoms with Crippen molar-refractivity contribution < 1.29 is 19.0 Å².